The van der Waals surface area contributed by atoms with Gasteiger partial charge in [-0.25, -0.2) is 9.36 Å². The largest absolute Gasteiger partial charge is 0.460 e. The molecule has 15 heteroatoms. The summed E-state index contributed by atoms with van der Waals surface area (Å²) in [5.41, 5.74) is 5.01. The third-order valence-electron chi connectivity index (χ3n) is 5.79. The molecule has 0 radical (unpaired) electrons. The highest BCUT2D eigenvalue weighted by molar-refractivity contribution is 7.52. The minimum absolute atomic E-state index is 0.0473. The molecule has 1 aliphatic heterocycles. The van der Waals surface area contributed by atoms with Crippen molar-refractivity contribution in [1.29, 1.82) is 0 Å². The van der Waals surface area contributed by atoms with Gasteiger partial charge in [-0.2, -0.15) is 18.9 Å². The molecule has 0 saturated carbocycles. The van der Waals surface area contributed by atoms with Gasteiger partial charge in [-0.15, -0.1) is 0 Å². The van der Waals surface area contributed by atoms with Gasteiger partial charge in [0.2, 0.25) is 6.23 Å². The van der Waals surface area contributed by atoms with Crippen molar-refractivity contribution in [2.45, 2.75) is 43.9 Å². The van der Waals surface area contributed by atoms with Gasteiger partial charge >= 0.3 is 25.3 Å². The Hall–Kier alpha value is -3.68. The summed E-state index contributed by atoms with van der Waals surface area (Å²) >= 11 is 0. The van der Waals surface area contributed by atoms with Gasteiger partial charge < -0.3 is 24.8 Å². The average molecular weight is 580 g/mol. The van der Waals surface area contributed by atoms with Crippen LogP contribution in [0.25, 0.3) is 0 Å². The van der Waals surface area contributed by atoms with Crippen LogP contribution in [0.5, 0.6) is 5.75 Å². The molecule has 4 N–H and O–H groups in total. The molecule has 12 nitrogen and oxygen atoms in total. The Balaban J connectivity index is 1.47. The Kier molecular flexibility index (Phi) is 8.96. The molecule has 3 aromatic rings. The number of rotatable bonds is 11. The summed E-state index contributed by atoms with van der Waals surface area (Å²) in [5.74, 6) is -4.85. The number of carbonyl (C=O) groups excluding carboxylic acids is 1. The van der Waals surface area contributed by atoms with Crippen molar-refractivity contribution >= 4 is 19.5 Å². The van der Waals surface area contributed by atoms with Crippen LogP contribution in [0.15, 0.2) is 77.7 Å². The maximum absolute atomic E-state index is 14.9. The number of esters is 1. The molecule has 2 heterocycles. The van der Waals surface area contributed by atoms with Crippen molar-refractivity contribution in [3.8, 4) is 5.75 Å². The first kappa shape index (κ1) is 29.3. The number of nitrogen functional groups attached to an aromatic ring is 1. The molecule has 5 atom stereocenters. The molecule has 1 aliphatic rings. The zero-order valence-corrected chi connectivity index (χ0v) is 22.0. The van der Waals surface area contributed by atoms with Gasteiger partial charge in [0.25, 0.3) is 0 Å². The number of ether oxygens (including phenoxy) is 2. The van der Waals surface area contributed by atoms with Crippen molar-refractivity contribution in [2.24, 2.45) is 0 Å². The summed E-state index contributed by atoms with van der Waals surface area (Å²) < 4.78 is 65.3. The van der Waals surface area contributed by atoms with Gasteiger partial charge in [0.1, 0.15) is 30.3 Å². The quantitative estimate of drug-likeness (QED) is 0.226. The van der Waals surface area contributed by atoms with Crippen LogP contribution in [0, 0.1) is 0 Å². The fourth-order valence-electron chi connectivity index (χ4n) is 3.74. The number of nitrogens with one attached hydrogen (secondary N) is 1. The minimum atomic E-state index is -4.46. The smallest absolute Gasteiger partial charge is 0.459 e. The number of anilines is 1. The fraction of sp³-hybridized carbons (Fsp3) is 0.320. The van der Waals surface area contributed by atoms with Gasteiger partial charge in [0.05, 0.1) is 6.61 Å². The van der Waals surface area contributed by atoms with E-state index in [9.17, 15) is 28.0 Å². The van der Waals surface area contributed by atoms with Gasteiger partial charge in [-0.1, -0.05) is 48.5 Å². The number of halogens is 2. The van der Waals surface area contributed by atoms with Crippen LogP contribution in [0.2, 0.25) is 0 Å². The fourth-order valence-corrected chi connectivity index (χ4v) is 5.24. The van der Waals surface area contributed by atoms with E-state index in [4.69, 9.17) is 24.3 Å². The minimum Gasteiger partial charge on any atom is -0.460 e. The Morgan fingerprint density at radius 3 is 2.50 bits per heavy atom. The lowest BCUT2D eigenvalue weighted by Crippen LogP contribution is -2.42. The lowest BCUT2D eigenvalue weighted by atomic mass is 10.1. The van der Waals surface area contributed by atoms with Gasteiger partial charge in [0, 0.05) is 6.20 Å². The molecular weight excluding hydrogens is 553 g/mol. The Bertz CT molecular complexity index is 1410. The number of nitrogens with zero attached hydrogens (tertiary/aromatic N) is 2. The molecule has 0 aliphatic carbocycles. The van der Waals surface area contributed by atoms with E-state index in [-0.39, 0.29) is 18.2 Å². The second kappa shape index (κ2) is 12.2. The number of hydrogen-bond acceptors (Lipinski definition) is 10. The van der Waals surface area contributed by atoms with Crippen molar-refractivity contribution < 1.29 is 41.8 Å². The van der Waals surface area contributed by atoms with Gasteiger partial charge in [-0.3, -0.25) is 13.9 Å². The molecule has 1 fully saturated rings. The van der Waals surface area contributed by atoms with Crippen LogP contribution >= 0.6 is 7.75 Å². The normalized spacial score (nSPS) is 22.2. The predicted molar refractivity (Wildman–Crippen MR) is 137 cm³/mol. The average Bonchev–Trinajstić information content (AvgIpc) is 3.15. The zero-order valence-electron chi connectivity index (χ0n) is 21.1. The van der Waals surface area contributed by atoms with E-state index in [1.807, 2.05) is 0 Å². The third-order valence-corrected chi connectivity index (χ3v) is 7.43. The van der Waals surface area contributed by atoms with Crippen molar-refractivity contribution in [1.82, 2.24) is 14.6 Å². The number of alkyl halides is 2. The summed E-state index contributed by atoms with van der Waals surface area (Å²) in [6.45, 7) is 0.435. The first-order valence-corrected chi connectivity index (χ1v) is 13.6. The zero-order chi connectivity index (χ0) is 28.9. The first-order valence-electron chi connectivity index (χ1n) is 12.0. The standard InChI is InChI=1S/C25H27F2N4O8P/c1-16(22(33)36-14-17-8-4-2-5-9-17)30-40(35,39-18-10-6-3-7-11-18)37-15-19-21(32)25(26,27)23(38-19)31-13-12-20(28)29-24(31)34/h2-13,16,19,21,23,32H,14-15H2,1H3,(H,30,35)(H2,28,29,34)/t16-,19+,21+,23+,40?/m0/s1. The van der Waals surface area contributed by atoms with Gasteiger partial charge in [0.15, 0.2) is 6.10 Å². The summed E-state index contributed by atoms with van der Waals surface area (Å²) in [5, 5.41) is 12.7. The molecule has 4 rings (SSSR count). The van der Waals surface area contributed by atoms with Crippen molar-refractivity contribution in [3.63, 3.8) is 0 Å². The Labute approximate surface area is 227 Å². The number of aromatic nitrogens is 2. The van der Waals surface area contributed by atoms with Crippen LogP contribution < -0.4 is 21.0 Å². The van der Waals surface area contributed by atoms with E-state index < -0.39 is 56.4 Å². The summed E-state index contributed by atoms with van der Waals surface area (Å²) in [6, 6.07) is 16.5. The lowest BCUT2D eigenvalue weighted by Gasteiger charge is -2.24. The van der Waals surface area contributed by atoms with E-state index >= 15 is 0 Å². The van der Waals surface area contributed by atoms with Crippen LogP contribution in [-0.4, -0.2) is 51.4 Å². The van der Waals surface area contributed by atoms with Crippen LogP contribution in [-0.2, 0) is 30.0 Å². The van der Waals surface area contributed by atoms with Crippen molar-refractivity contribution in [2.75, 3.05) is 12.3 Å². The van der Waals surface area contributed by atoms with E-state index in [0.29, 0.717) is 4.57 Å². The second-order valence-electron chi connectivity index (χ2n) is 8.83. The summed E-state index contributed by atoms with van der Waals surface area (Å²) in [6.07, 6.45) is -5.50. The Morgan fingerprint density at radius 2 is 1.85 bits per heavy atom. The molecule has 40 heavy (non-hydrogen) atoms. The highest BCUT2D eigenvalue weighted by Crippen LogP contribution is 2.48. The first-order chi connectivity index (χ1) is 19.0. The molecule has 1 aromatic heterocycles. The van der Waals surface area contributed by atoms with Crippen molar-refractivity contribution in [3.05, 3.63) is 89.0 Å². The molecular formula is C25H27F2N4O8P. The number of para-hydroxylation sites is 1. The van der Waals surface area contributed by atoms with Crippen LogP contribution in [0.1, 0.15) is 18.7 Å². The molecule has 0 bridgehead atoms. The number of aliphatic hydroxyl groups is 1. The number of nitrogens with two attached hydrogens (primary N) is 1. The Morgan fingerprint density at radius 1 is 1.20 bits per heavy atom. The summed E-state index contributed by atoms with van der Waals surface area (Å²) in [7, 11) is -4.46. The number of benzene rings is 2. The molecule has 1 unspecified atom stereocenters. The highest BCUT2D eigenvalue weighted by Gasteiger charge is 2.60. The van der Waals surface area contributed by atoms with E-state index in [1.54, 1.807) is 48.5 Å². The predicted octanol–water partition coefficient (Wildman–Crippen LogP) is 2.64. The van der Waals surface area contributed by atoms with E-state index in [2.05, 4.69) is 10.1 Å². The maximum atomic E-state index is 14.9. The molecule has 1 saturated heterocycles. The van der Waals surface area contributed by atoms with Gasteiger partial charge in [-0.05, 0) is 30.7 Å². The number of carbonyl (C=O) groups is 1. The van der Waals surface area contributed by atoms with Crippen LogP contribution in [0.3, 0.4) is 0 Å². The lowest BCUT2D eigenvalue weighted by molar-refractivity contribution is -0.146. The second-order valence-corrected chi connectivity index (χ2v) is 10.5. The monoisotopic (exact) mass is 580 g/mol. The molecule has 0 spiro atoms. The topological polar surface area (TPSA) is 164 Å². The molecule has 2 aromatic carbocycles. The third kappa shape index (κ3) is 6.90. The van der Waals surface area contributed by atoms with E-state index in [1.165, 1.54) is 19.1 Å². The van der Waals surface area contributed by atoms with E-state index in [0.717, 1.165) is 17.8 Å². The SMILES string of the molecule is C[C@H](NP(=O)(OC[C@H]1O[C@@H](n2ccc(N)nc2=O)C(F)(F)[C@@H]1O)Oc1ccccc1)C(=O)OCc1ccccc1. The number of aliphatic hydroxyl groups excluding tert-OH is 1. The number of hydrogen-bond donors (Lipinski definition) is 3. The maximum Gasteiger partial charge on any atom is 0.459 e. The van der Waals surface area contributed by atoms with Crippen LogP contribution in [0.4, 0.5) is 14.6 Å². The summed E-state index contributed by atoms with van der Waals surface area (Å²) in [4.78, 5) is 28.1. The highest BCUT2D eigenvalue weighted by atomic mass is 31.2. The molecule has 214 valence electrons. The molecule has 0 amide bonds.